The quantitative estimate of drug-likeness (QED) is 0.0390. The van der Waals surface area contributed by atoms with Crippen molar-refractivity contribution in [2.45, 2.75) is 238 Å². The molecule has 0 saturated heterocycles. The molecule has 0 spiro atoms. The van der Waals surface area contributed by atoms with Crippen molar-refractivity contribution in [3.63, 3.8) is 0 Å². The number of hydrogen-bond donors (Lipinski definition) is 1. The minimum absolute atomic E-state index is 0.0168. The second kappa shape index (κ2) is 42.3. The van der Waals surface area contributed by atoms with E-state index in [0.717, 1.165) is 103 Å². The van der Waals surface area contributed by atoms with Crippen molar-refractivity contribution >= 4 is 11.9 Å². The van der Waals surface area contributed by atoms with Crippen molar-refractivity contribution in [1.82, 2.24) is 0 Å². The van der Waals surface area contributed by atoms with Gasteiger partial charge in [-0.05, 0) is 77.0 Å². The Morgan fingerprint density at radius 2 is 0.824 bits per heavy atom. The third-order valence-corrected chi connectivity index (χ3v) is 9.82. The molecule has 0 aliphatic heterocycles. The van der Waals surface area contributed by atoms with Gasteiger partial charge in [0.15, 0.2) is 0 Å². The van der Waals surface area contributed by atoms with Crippen molar-refractivity contribution in [1.29, 1.82) is 0 Å². The Morgan fingerprint density at radius 3 is 1.27 bits per heavy atom. The van der Waals surface area contributed by atoms with Crippen molar-refractivity contribution in [3.05, 3.63) is 48.6 Å². The molecule has 0 aromatic carbocycles. The largest absolute Gasteiger partial charge is 0.481 e. The normalized spacial score (nSPS) is 12.7. The van der Waals surface area contributed by atoms with E-state index in [1.165, 1.54) is 103 Å². The van der Waals surface area contributed by atoms with E-state index in [-0.39, 0.29) is 18.5 Å². The number of carbonyl (C=O) groups excluding carboxylic acids is 1. The highest BCUT2D eigenvalue weighted by Crippen LogP contribution is 2.18. The smallest absolute Gasteiger partial charge is 0.306 e. The summed E-state index contributed by atoms with van der Waals surface area (Å²) in [4.78, 5) is 23.5. The molecule has 296 valence electrons. The Kier molecular flexibility index (Phi) is 40.6. The topological polar surface area (TPSA) is 63.6 Å². The summed E-state index contributed by atoms with van der Waals surface area (Å²) in [5.41, 5.74) is 0. The van der Waals surface area contributed by atoms with Crippen LogP contribution in [-0.2, 0) is 14.3 Å². The van der Waals surface area contributed by atoms with Gasteiger partial charge in [-0.1, -0.05) is 191 Å². The maximum Gasteiger partial charge on any atom is 0.306 e. The van der Waals surface area contributed by atoms with Crippen molar-refractivity contribution < 1.29 is 19.4 Å². The molecule has 4 nitrogen and oxygen atoms in total. The third kappa shape index (κ3) is 42.2. The number of esters is 1. The van der Waals surface area contributed by atoms with Crippen LogP contribution in [0.1, 0.15) is 232 Å². The molecule has 0 fully saturated rings. The van der Waals surface area contributed by atoms with Gasteiger partial charge >= 0.3 is 11.9 Å². The van der Waals surface area contributed by atoms with Crippen LogP contribution in [0.25, 0.3) is 0 Å². The first kappa shape index (κ1) is 48.9. The molecule has 1 atom stereocenters. The fourth-order valence-corrected chi connectivity index (χ4v) is 6.59. The Labute approximate surface area is 317 Å². The number of hydrogen-bond acceptors (Lipinski definition) is 3. The molecular formula is C47H84O4. The van der Waals surface area contributed by atoms with Crippen molar-refractivity contribution in [2.24, 2.45) is 0 Å². The van der Waals surface area contributed by atoms with Crippen LogP contribution in [0.15, 0.2) is 48.6 Å². The Balaban J connectivity index is 4.05. The van der Waals surface area contributed by atoms with E-state index in [1.54, 1.807) is 0 Å². The SMILES string of the molecule is CC/C=C\C/C=C\C/C=C\C/C=C\CCCCC(CCCCCCCC(=O)O)OC(=O)CCCCCCCCCCCCCCCCCCCC. The van der Waals surface area contributed by atoms with E-state index >= 15 is 0 Å². The maximum atomic E-state index is 12.7. The molecule has 0 aliphatic rings. The summed E-state index contributed by atoms with van der Waals surface area (Å²) in [5.74, 6) is -0.723. The van der Waals surface area contributed by atoms with Gasteiger partial charge < -0.3 is 9.84 Å². The molecule has 0 rings (SSSR count). The zero-order chi connectivity index (χ0) is 37.1. The number of allylic oxidation sites excluding steroid dienone is 8. The van der Waals surface area contributed by atoms with Crippen LogP contribution in [0.4, 0.5) is 0 Å². The van der Waals surface area contributed by atoms with Gasteiger partial charge in [-0.15, -0.1) is 0 Å². The van der Waals surface area contributed by atoms with Gasteiger partial charge in [-0.3, -0.25) is 9.59 Å². The van der Waals surface area contributed by atoms with E-state index in [4.69, 9.17) is 9.84 Å². The van der Waals surface area contributed by atoms with Gasteiger partial charge in [0.1, 0.15) is 6.10 Å². The predicted molar refractivity (Wildman–Crippen MR) is 222 cm³/mol. The van der Waals surface area contributed by atoms with Crippen LogP contribution in [-0.4, -0.2) is 23.1 Å². The van der Waals surface area contributed by atoms with E-state index in [1.807, 2.05) is 0 Å². The monoisotopic (exact) mass is 713 g/mol. The number of rotatable bonds is 40. The lowest BCUT2D eigenvalue weighted by Crippen LogP contribution is -2.18. The summed E-state index contributed by atoms with van der Waals surface area (Å²) in [7, 11) is 0. The molecule has 0 heterocycles. The lowest BCUT2D eigenvalue weighted by molar-refractivity contribution is -0.150. The first-order valence-corrected chi connectivity index (χ1v) is 22.1. The molecule has 0 bridgehead atoms. The van der Waals surface area contributed by atoms with E-state index in [0.29, 0.717) is 6.42 Å². The Bertz CT molecular complexity index is 854. The lowest BCUT2D eigenvalue weighted by atomic mass is 10.0. The van der Waals surface area contributed by atoms with Gasteiger partial charge in [0.25, 0.3) is 0 Å². The number of carboxylic acid groups (broad SMARTS) is 1. The van der Waals surface area contributed by atoms with Crippen LogP contribution in [0, 0.1) is 0 Å². The van der Waals surface area contributed by atoms with Crippen LogP contribution >= 0.6 is 0 Å². The first-order valence-electron chi connectivity index (χ1n) is 22.1. The summed E-state index contributed by atoms with van der Waals surface area (Å²) in [5, 5.41) is 8.84. The highest BCUT2D eigenvalue weighted by atomic mass is 16.5. The zero-order valence-electron chi connectivity index (χ0n) is 33.9. The second-order valence-electron chi connectivity index (χ2n) is 14.9. The number of unbranched alkanes of at least 4 members (excludes halogenated alkanes) is 23. The van der Waals surface area contributed by atoms with Gasteiger partial charge in [0.2, 0.25) is 0 Å². The van der Waals surface area contributed by atoms with Crippen LogP contribution < -0.4 is 0 Å². The highest BCUT2D eigenvalue weighted by molar-refractivity contribution is 5.69. The molecule has 0 aromatic rings. The average molecular weight is 713 g/mol. The van der Waals surface area contributed by atoms with E-state index in [9.17, 15) is 9.59 Å². The second-order valence-corrected chi connectivity index (χ2v) is 14.9. The minimum Gasteiger partial charge on any atom is -0.481 e. The summed E-state index contributed by atoms with van der Waals surface area (Å²) in [6.07, 6.45) is 57.1. The zero-order valence-corrected chi connectivity index (χ0v) is 33.9. The average Bonchev–Trinajstić information content (AvgIpc) is 3.12. The molecule has 0 saturated carbocycles. The van der Waals surface area contributed by atoms with Crippen molar-refractivity contribution in [3.8, 4) is 0 Å². The lowest BCUT2D eigenvalue weighted by Gasteiger charge is -2.18. The first-order chi connectivity index (χ1) is 25.1. The van der Waals surface area contributed by atoms with Gasteiger partial charge in [-0.25, -0.2) is 0 Å². The fraction of sp³-hybridized carbons (Fsp3) is 0.787. The molecule has 51 heavy (non-hydrogen) atoms. The Morgan fingerprint density at radius 1 is 0.451 bits per heavy atom. The summed E-state index contributed by atoms with van der Waals surface area (Å²) in [6.45, 7) is 4.45. The van der Waals surface area contributed by atoms with Gasteiger partial charge in [0, 0.05) is 12.8 Å². The molecule has 1 N–H and O–H groups in total. The number of ether oxygens (including phenoxy) is 1. The Hall–Kier alpha value is -2.10. The number of carbonyl (C=O) groups is 2. The van der Waals surface area contributed by atoms with Crippen LogP contribution in [0.3, 0.4) is 0 Å². The molecular weight excluding hydrogens is 629 g/mol. The molecule has 0 aliphatic carbocycles. The standard InChI is InChI=1S/C47H84O4/c1-3-5-7-9-11-13-15-17-19-20-21-23-25-27-29-31-36-40-44-47(50)51-45(42-38-34-32-35-39-43-46(48)49)41-37-33-30-28-26-24-22-18-16-14-12-10-8-6-4-2/h6,8,12,14,18,22,26,28,45H,3-5,7,9-11,13,15-17,19-21,23-25,27,29-44H2,1-2H3,(H,48,49)/b8-6-,14-12-,22-18-,28-26-. The van der Waals surface area contributed by atoms with Crippen LogP contribution in [0.5, 0.6) is 0 Å². The molecule has 0 radical (unpaired) electrons. The van der Waals surface area contributed by atoms with Crippen molar-refractivity contribution in [2.75, 3.05) is 0 Å². The molecule has 4 heteroatoms. The minimum atomic E-state index is -0.706. The van der Waals surface area contributed by atoms with Gasteiger partial charge in [-0.2, -0.15) is 0 Å². The highest BCUT2D eigenvalue weighted by Gasteiger charge is 2.14. The summed E-state index contributed by atoms with van der Waals surface area (Å²) >= 11 is 0. The summed E-state index contributed by atoms with van der Waals surface area (Å²) in [6, 6.07) is 0. The number of aliphatic carboxylic acids is 1. The molecule has 0 aromatic heterocycles. The summed E-state index contributed by atoms with van der Waals surface area (Å²) < 4.78 is 6.01. The molecule has 0 amide bonds. The fourth-order valence-electron chi connectivity index (χ4n) is 6.59. The van der Waals surface area contributed by atoms with Crippen LogP contribution in [0.2, 0.25) is 0 Å². The van der Waals surface area contributed by atoms with E-state index in [2.05, 4.69) is 62.5 Å². The maximum absolute atomic E-state index is 12.7. The molecule has 1 unspecified atom stereocenters. The van der Waals surface area contributed by atoms with E-state index < -0.39 is 5.97 Å². The predicted octanol–water partition coefficient (Wildman–Crippen LogP) is 15.5. The van der Waals surface area contributed by atoms with Gasteiger partial charge in [0.05, 0.1) is 0 Å². The number of carboxylic acids is 1. The third-order valence-electron chi connectivity index (χ3n) is 9.82.